The van der Waals surface area contributed by atoms with E-state index in [2.05, 4.69) is 26.6 Å². The Balaban J connectivity index is 1.69. The van der Waals surface area contributed by atoms with E-state index < -0.39 is 0 Å². The molecule has 1 fully saturated rings. The van der Waals surface area contributed by atoms with Gasteiger partial charge in [-0.05, 0) is 24.5 Å². The lowest BCUT2D eigenvalue weighted by Gasteiger charge is -2.12. The van der Waals surface area contributed by atoms with Gasteiger partial charge in [-0.3, -0.25) is 0 Å². The molecule has 2 N–H and O–H groups in total. The number of hydrogen-bond acceptors (Lipinski definition) is 2. The lowest BCUT2D eigenvalue weighted by Crippen LogP contribution is -2.39. The Morgan fingerprint density at radius 1 is 1.39 bits per heavy atom. The number of nitrogens with one attached hydrogen (secondary N) is 2. The molecule has 1 aromatic carbocycles. The molecule has 4 nitrogen and oxygen atoms in total. The van der Waals surface area contributed by atoms with Crippen molar-refractivity contribution in [1.82, 2.24) is 10.6 Å². The average molecular weight is 313 g/mol. The first-order valence-electron chi connectivity index (χ1n) is 6.12. The fourth-order valence-corrected chi connectivity index (χ4v) is 2.32. The maximum atomic E-state index is 11.6. The van der Waals surface area contributed by atoms with E-state index in [4.69, 9.17) is 4.74 Å². The van der Waals surface area contributed by atoms with Gasteiger partial charge in [0.2, 0.25) is 0 Å². The van der Waals surface area contributed by atoms with Crippen LogP contribution in [-0.4, -0.2) is 25.3 Å². The summed E-state index contributed by atoms with van der Waals surface area (Å²) in [5.41, 5.74) is 1.06. The predicted molar refractivity (Wildman–Crippen MR) is 73.4 cm³/mol. The van der Waals surface area contributed by atoms with Gasteiger partial charge in [0.15, 0.2) is 0 Å². The van der Waals surface area contributed by atoms with Gasteiger partial charge in [0, 0.05) is 24.2 Å². The highest BCUT2D eigenvalue weighted by atomic mass is 79.9. The molecule has 1 aromatic rings. The largest absolute Gasteiger partial charge is 0.376 e. The van der Waals surface area contributed by atoms with Crippen LogP contribution < -0.4 is 10.6 Å². The molecule has 1 atom stereocenters. The van der Waals surface area contributed by atoms with Crippen LogP contribution in [0.2, 0.25) is 0 Å². The molecule has 1 heterocycles. The first-order chi connectivity index (χ1) is 8.75. The summed E-state index contributed by atoms with van der Waals surface area (Å²) in [6.07, 6.45) is 2.30. The smallest absolute Gasteiger partial charge is 0.315 e. The third kappa shape index (κ3) is 3.99. The Labute approximate surface area is 115 Å². The highest BCUT2D eigenvalue weighted by molar-refractivity contribution is 9.10. The van der Waals surface area contributed by atoms with Crippen molar-refractivity contribution in [2.24, 2.45) is 0 Å². The maximum Gasteiger partial charge on any atom is 0.315 e. The molecule has 1 unspecified atom stereocenters. The van der Waals surface area contributed by atoms with Crippen molar-refractivity contribution < 1.29 is 9.53 Å². The highest BCUT2D eigenvalue weighted by Crippen LogP contribution is 2.15. The number of benzene rings is 1. The van der Waals surface area contributed by atoms with E-state index in [1.54, 1.807) is 0 Å². The minimum Gasteiger partial charge on any atom is -0.376 e. The molecule has 1 aliphatic rings. The van der Waals surface area contributed by atoms with E-state index in [1.807, 2.05) is 24.3 Å². The number of rotatable bonds is 4. The molecule has 2 rings (SSSR count). The first kappa shape index (κ1) is 13.4. The summed E-state index contributed by atoms with van der Waals surface area (Å²) in [5, 5.41) is 5.65. The molecular weight excluding hydrogens is 296 g/mol. The van der Waals surface area contributed by atoms with Crippen molar-refractivity contribution in [2.45, 2.75) is 25.5 Å². The molecule has 0 spiro atoms. The zero-order valence-corrected chi connectivity index (χ0v) is 11.7. The summed E-state index contributed by atoms with van der Waals surface area (Å²) in [7, 11) is 0. The monoisotopic (exact) mass is 312 g/mol. The van der Waals surface area contributed by atoms with Crippen LogP contribution in [0.5, 0.6) is 0 Å². The van der Waals surface area contributed by atoms with Crippen molar-refractivity contribution in [3.05, 3.63) is 34.3 Å². The van der Waals surface area contributed by atoms with Gasteiger partial charge < -0.3 is 15.4 Å². The molecule has 5 heteroatoms. The summed E-state index contributed by atoms with van der Waals surface area (Å²) >= 11 is 3.45. The maximum absolute atomic E-state index is 11.6. The minimum absolute atomic E-state index is 0.152. The minimum atomic E-state index is -0.152. The molecule has 0 radical (unpaired) electrons. The number of urea groups is 1. The SMILES string of the molecule is O=C(NCc1ccccc1Br)NCC1CCCO1. The molecule has 98 valence electrons. The second kappa shape index (κ2) is 6.75. The van der Waals surface area contributed by atoms with E-state index in [0.717, 1.165) is 29.5 Å². The fraction of sp³-hybridized carbons (Fsp3) is 0.462. The molecule has 0 bridgehead atoms. The van der Waals surface area contributed by atoms with Crippen LogP contribution in [-0.2, 0) is 11.3 Å². The first-order valence-corrected chi connectivity index (χ1v) is 6.91. The average Bonchev–Trinajstić information content (AvgIpc) is 2.88. The van der Waals surface area contributed by atoms with E-state index in [1.165, 1.54) is 0 Å². The van der Waals surface area contributed by atoms with Crippen molar-refractivity contribution in [1.29, 1.82) is 0 Å². The van der Waals surface area contributed by atoms with Gasteiger partial charge in [0.1, 0.15) is 0 Å². The number of carbonyl (C=O) groups excluding carboxylic acids is 1. The zero-order valence-electron chi connectivity index (χ0n) is 10.1. The van der Waals surface area contributed by atoms with Crippen molar-refractivity contribution in [2.75, 3.05) is 13.2 Å². The molecule has 1 aliphatic heterocycles. The number of carbonyl (C=O) groups is 1. The highest BCUT2D eigenvalue weighted by Gasteiger charge is 2.15. The number of amides is 2. The van der Waals surface area contributed by atoms with Crippen molar-refractivity contribution in [3.8, 4) is 0 Å². The number of hydrogen-bond donors (Lipinski definition) is 2. The van der Waals surface area contributed by atoms with Gasteiger partial charge in [-0.15, -0.1) is 0 Å². The standard InChI is InChI=1S/C13H17BrN2O2/c14-12-6-2-1-4-10(12)8-15-13(17)16-9-11-5-3-7-18-11/h1-2,4,6,11H,3,5,7-9H2,(H2,15,16,17). The summed E-state index contributed by atoms with van der Waals surface area (Å²) in [6.45, 7) is 1.91. The second-order valence-corrected chi connectivity index (χ2v) is 5.14. The van der Waals surface area contributed by atoms with Gasteiger partial charge >= 0.3 is 6.03 Å². The lowest BCUT2D eigenvalue weighted by atomic mass is 10.2. The molecule has 18 heavy (non-hydrogen) atoms. The summed E-state index contributed by atoms with van der Waals surface area (Å²) < 4.78 is 6.44. The quantitative estimate of drug-likeness (QED) is 0.897. The van der Waals surface area contributed by atoms with Crippen LogP contribution in [0.25, 0.3) is 0 Å². The van der Waals surface area contributed by atoms with Crippen molar-refractivity contribution in [3.63, 3.8) is 0 Å². The molecule has 1 saturated heterocycles. The van der Waals surface area contributed by atoms with Crippen LogP contribution in [0.1, 0.15) is 18.4 Å². The Bertz CT molecular complexity index is 406. The van der Waals surface area contributed by atoms with Crippen LogP contribution in [0.3, 0.4) is 0 Å². The van der Waals surface area contributed by atoms with E-state index in [0.29, 0.717) is 13.1 Å². The van der Waals surface area contributed by atoms with E-state index in [-0.39, 0.29) is 12.1 Å². The Morgan fingerprint density at radius 2 is 2.22 bits per heavy atom. The van der Waals surface area contributed by atoms with Gasteiger partial charge in [-0.1, -0.05) is 34.1 Å². The third-order valence-corrected chi connectivity index (χ3v) is 3.69. The number of halogens is 1. The second-order valence-electron chi connectivity index (χ2n) is 4.29. The van der Waals surface area contributed by atoms with Crippen molar-refractivity contribution >= 4 is 22.0 Å². The van der Waals surface area contributed by atoms with E-state index >= 15 is 0 Å². The molecular formula is C13H17BrN2O2. The summed E-state index contributed by atoms with van der Waals surface area (Å²) in [5.74, 6) is 0. The fourth-order valence-electron chi connectivity index (χ4n) is 1.89. The predicted octanol–water partition coefficient (Wildman–Crippen LogP) is 2.43. The summed E-state index contributed by atoms with van der Waals surface area (Å²) in [6, 6.07) is 7.68. The van der Waals surface area contributed by atoms with Crippen LogP contribution in [0, 0.1) is 0 Å². The molecule has 0 aromatic heterocycles. The summed E-state index contributed by atoms with van der Waals surface area (Å²) in [4.78, 5) is 11.6. The zero-order chi connectivity index (χ0) is 12.8. The van der Waals surface area contributed by atoms with Crippen LogP contribution in [0.15, 0.2) is 28.7 Å². The Hall–Kier alpha value is -1.07. The normalized spacial score (nSPS) is 18.6. The van der Waals surface area contributed by atoms with Gasteiger partial charge in [-0.2, -0.15) is 0 Å². The Morgan fingerprint density at radius 3 is 2.94 bits per heavy atom. The van der Waals surface area contributed by atoms with Gasteiger partial charge in [-0.25, -0.2) is 4.79 Å². The topological polar surface area (TPSA) is 50.4 Å². The third-order valence-electron chi connectivity index (χ3n) is 2.91. The molecule has 0 aliphatic carbocycles. The molecule has 0 saturated carbocycles. The van der Waals surface area contributed by atoms with Crippen LogP contribution in [0.4, 0.5) is 4.79 Å². The Kier molecular flexibility index (Phi) is 5.01. The van der Waals surface area contributed by atoms with Crippen LogP contribution >= 0.6 is 15.9 Å². The van der Waals surface area contributed by atoms with Gasteiger partial charge in [0.05, 0.1) is 6.10 Å². The van der Waals surface area contributed by atoms with Gasteiger partial charge in [0.25, 0.3) is 0 Å². The van der Waals surface area contributed by atoms with E-state index in [9.17, 15) is 4.79 Å². The number of ether oxygens (including phenoxy) is 1. The molecule has 2 amide bonds. The lowest BCUT2D eigenvalue weighted by molar-refractivity contribution is 0.111.